The highest BCUT2D eigenvalue weighted by atomic mass is 16.3. The molecule has 0 aliphatic rings. The summed E-state index contributed by atoms with van der Waals surface area (Å²) in [5.74, 6) is 0. The number of nitrogens with zero attached hydrogens (tertiary/aromatic N) is 3. The zero-order valence-electron chi connectivity index (χ0n) is 30.8. The van der Waals surface area contributed by atoms with Crippen molar-refractivity contribution >= 4 is 93.1 Å². The van der Waals surface area contributed by atoms with Crippen molar-refractivity contribution in [1.29, 1.82) is 0 Å². The van der Waals surface area contributed by atoms with Crippen LogP contribution in [0.4, 0.5) is 17.1 Å². The summed E-state index contributed by atoms with van der Waals surface area (Å²) < 4.78 is 8.78. The summed E-state index contributed by atoms with van der Waals surface area (Å²) in [5.41, 5.74) is 10.7. The highest BCUT2D eigenvalue weighted by Crippen LogP contribution is 2.44. The predicted octanol–water partition coefficient (Wildman–Crippen LogP) is 14.7. The van der Waals surface area contributed by atoms with Gasteiger partial charge in [0.1, 0.15) is 5.58 Å². The minimum Gasteiger partial charge on any atom is -0.454 e. The van der Waals surface area contributed by atoms with Gasteiger partial charge in [0.25, 0.3) is 0 Å². The van der Waals surface area contributed by atoms with Gasteiger partial charge in [0.2, 0.25) is 0 Å². The molecule has 3 aromatic heterocycles. The molecule has 0 spiro atoms. The van der Waals surface area contributed by atoms with Crippen LogP contribution in [-0.2, 0) is 0 Å². The molecule has 0 N–H and O–H groups in total. The minimum atomic E-state index is 0.786. The Bertz CT molecular complexity index is 3520. The fourth-order valence-electron chi connectivity index (χ4n) is 9.01. The lowest BCUT2D eigenvalue weighted by Gasteiger charge is -2.27. The van der Waals surface area contributed by atoms with Crippen LogP contribution >= 0.6 is 0 Å². The van der Waals surface area contributed by atoms with Gasteiger partial charge >= 0.3 is 0 Å². The smallest absolute Gasteiger partial charge is 0.153 e. The molecule has 0 atom stereocenters. The predicted molar refractivity (Wildman–Crippen MR) is 238 cm³/mol. The van der Waals surface area contributed by atoms with Gasteiger partial charge in [0.05, 0.1) is 22.9 Å². The number of anilines is 3. The third-order valence-corrected chi connectivity index (χ3v) is 11.6. The van der Waals surface area contributed by atoms with Crippen molar-refractivity contribution in [3.8, 4) is 16.8 Å². The highest BCUT2D eigenvalue weighted by Gasteiger charge is 2.20. The van der Waals surface area contributed by atoms with Crippen LogP contribution in [0.2, 0.25) is 0 Å². The lowest BCUT2D eigenvalue weighted by Crippen LogP contribution is -2.10. The lowest BCUT2D eigenvalue weighted by molar-refractivity contribution is 0.667. The van der Waals surface area contributed by atoms with Gasteiger partial charge in [-0.1, -0.05) is 127 Å². The van der Waals surface area contributed by atoms with E-state index in [2.05, 4.69) is 196 Å². The molecule has 0 radical (unpaired) electrons. The molecule has 266 valence electrons. The van der Waals surface area contributed by atoms with Crippen molar-refractivity contribution in [2.45, 2.75) is 0 Å². The summed E-state index contributed by atoms with van der Waals surface area (Å²) in [6, 6.07) is 68.1. The van der Waals surface area contributed by atoms with E-state index >= 15 is 0 Å². The third kappa shape index (κ3) is 4.91. The summed E-state index contributed by atoms with van der Waals surface area (Å²) in [5, 5.41) is 12.0. The Morgan fingerprint density at radius 1 is 0.421 bits per heavy atom. The molecule has 12 aromatic rings. The van der Waals surface area contributed by atoms with Gasteiger partial charge in [-0.25, -0.2) is 0 Å². The van der Waals surface area contributed by atoms with E-state index < -0.39 is 0 Å². The Kier molecular flexibility index (Phi) is 6.89. The third-order valence-electron chi connectivity index (χ3n) is 11.6. The minimum absolute atomic E-state index is 0.786. The molecule has 3 heterocycles. The molecule has 0 aliphatic heterocycles. The normalized spacial score (nSPS) is 11.9. The van der Waals surface area contributed by atoms with E-state index in [-0.39, 0.29) is 0 Å². The summed E-state index contributed by atoms with van der Waals surface area (Å²) in [6.45, 7) is 0. The summed E-state index contributed by atoms with van der Waals surface area (Å²) in [6.07, 6.45) is 3.61. The highest BCUT2D eigenvalue weighted by molar-refractivity contribution is 6.19. The Labute approximate surface area is 328 Å². The number of hydrogen-bond donors (Lipinski definition) is 0. The van der Waals surface area contributed by atoms with Gasteiger partial charge in [-0.3, -0.25) is 4.98 Å². The molecule has 9 aromatic carbocycles. The zero-order valence-corrected chi connectivity index (χ0v) is 30.8. The molecule has 4 nitrogen and oxygen atoms in total. The molecule has 0 fully saturated rings. The maximum absolute atomic E-state index is 6.36. The van der Waals surface area contributed by atoms with Gasteiger partial charge in [-0.05, 0) is 87.3 Å². The van der Waals surface area contributed by atoms with Crippen LogP contribution in [0.25, 0.3) is 92.9 Å². The standard InChI is InChI=1S/C53H33N3O/c1-4-12-42-36(9-1)21-27-48-45-15-7-8-16-49(45)56(53(42)48)39-24-19-35(20-25-39)34-17-22-38(23-18-34)55(40-26-28-46-47-29-30-54-33-52(47)57-51(46)32-40)50-31-37-10-2-3-11-41(37)43-13-5-6-14-44(43)50/h1-33H. The number of aromatic nitrogens is 2. The topological polar surface area (TPSA) is 34.2 Å². The fourth-order valence-corrected chi connectivity index (χ4v) is 9.01. The Hall–Kier alpha value is -7.69. The number of rotatable bonds is 5. The number of furan rings is 1. The fraction of sp³-hybridized carbons (Fsp3) is 0. The Morgan fingerprint density at radius 3 is 1.88 bits per heavy atom. The number of para-hydroxylation sites is 1. The van der Waals surface area contributed by atoms with E-state index in [4.69, 9.17) is 4.42 Å². The maximum atomic E-state index is 6.36. The average molecular weight is 728 g/mol. The number of pyridine rings is 1. The van der Waals surface area contributed by atoms with Crippen LogP contribution in [0.1, 0.15) is 0 Å². The Morgan fingerprint density at radius 2 is 1.05 bits per heavy atom. The molecule has 0 amide bonds. The van der Waals surface area contributed by atoms with Crippen LogP contribution in [-0.4, -0.2) is 9.55 Å². The maximum Gasteiger partial charge on any atom is 0.153 e. The van der Waals surface area contributed by atoms with Crippen molar-refractivity contribution in [2.75, 3.05) is 4.90 Å². The molecular weight excluding hydrogens is 695 g/mol. The van der Waals surface area contributed by atoms with Crippen molar-refractivity contribution in [1.82, 2.24) is 9.55 Å². The monoisotopic (exact) mass is 727 g/mol. The second kappa shape index (κ2) is 12.4. The van der Waals surface area contributed by atoms with Gasteiger partial charge in [-0.2, -0.15) is 0 Å². The lowest BCUT2D eigenvalue weighted by atomic mass is 9.98. The quantitative estimate of drug-likeness (QED) is 0.166. The SMILES string of the molecule is c1ccc2c(c1)cc(N(c1ccc(-c3ccc(-n4c5ccccc5c5ccc6ccccc6c54)cc3)cc1)c1ccc3c(c1)oc1cnccc13)c1ccccc12. The molecule has 4 heteroatoms. The summed E-state index contributed by atoms with van der Waals surface area (Å²) in [4.78, 5) is 6.66. The van der Waals surface area contributed by atoms with E-state index in [0.717, 1.165) is 55.8 Å². The number of hydrogen-bond acceptors (Lipinski definition) is 3. The van der Waals surface area contributed by atoms with Gasteiger partial charge in [-0.15, -0.1) is 0 Å². The van der Waals surface area contributed by atoms with E-state index in [1.165, 1.54) is 54.1 Å². The Balaban J connectivity index is 0.986. The second-order valence-electron chi connectivity index (χ2n) is 14.8. The van der Waals surface area contributed by atoms with Gasteiger partial charge in [0, 0.05) is 61.6 Å². The molecule has 0 aliphatic carbocycles. The van der Waals surface area contributed by atoms with Crippen molar-refractivity contribution in [3.63, 3.8) is 0 Å². The van der Waals surface area contributed by atoms with Crippen molar-refractivity contribution in [2.24, 2.45) is 0 Å². The van der Waals surface area contributed by atoms with E-state index in [0.29, 0.717) is 0 Å². The largest absolute Gasteiger partial charge is 0.454 e. The van der Waals surface area contributed by atoms with Crippen LogP contribution in [0, 0.1) is 0 Å². The number of fused-ring (bicyclic) bond motifs is 11. The van der Waals surface area contributed by atoms with Crippen LogP contribution in [0.3, 0.4) is 0 Å². The van der Waals surface area contributed by atoms with E-state index in [9.17, 15) is 0 Å². The van der Waals surface area contributed by atoms with Crippen molar-refractivity contribution < 1.29 is 4.42 Å². The van der Waals surface area contributed by atoms with Gasteiger partial charge in [0.15, 0.2) is 5.58 Å². The summed E-state index contributed by atoms with van der Waals surface area (Å²) in [7, 11) is 0. The van der Waals surface area contributed by atoms with Crippen LogP contribution in [0.15, 0.2) is 205 Å². The van der Waals surface area contributed by atoms with Crippen LogP contribution in [0.5, 0.6) is 0 Å². The molecule has 0 bridgehead atoms. The van der Waals surface area contributed by atoms with Gasteiger partial charge < -0.3 is 13.9 Å². The zero-order chi connectivity index (χ0) is 37.5. The average Bonchev–Trinajstić information content (AvgIpc) is 3.83. The molecule has 57 heavy (non-hydrogen) atoms. The van der Waals surface area contributed by atoms with E-state index in [1.54, 1.807) is 6.20 Å². The number of benzene rings is 9. The molecular formula is C53H33N3O. The van der Waals surface area contributed by atoms with Crippen molar-refractivity contribution in [3.05, 3.63) is 200 Å². The second-order valence-corrected chi connectivity index (χ2v) is 14.8. The summed E-state index contributed by atoms with van der Waals surface area (Å²) >= 11 is 0. The first-order chi connectivity index (χ1) is 28.3. The molecule has 0 unspecified atom stereocenters. The van der Waals surface area contributed by atoms with E-state index in [1.807, 2.05) is 12.3 Å². The first kappa shape index (κ1) is 31.6. The molecule has 0 saturated carbocycles. The molecule has 0 saturated heterocycles. The molecule has 12 rings (SSSR count). The van der Waals surface area contributed by atoms with Crippen LogP contribution < -0.4 is 4.90 Å². The first-order valence-electron chi connectivity index (χ1n) is 19.4. The first-order valence-corrected chi connectivity index (χ1v) is 19.4.